The van der Waals surface area contributed by atoms with Gasteiger partial charge in [0.25, 0.3) is 5.56 Å². The smallest absolute Gasteiger partial charge is 0.257 e. The van der Waals surface area contributed by atoms with Gasteiger partial charge in [-0.15, -0.1) is 0 Å². The van der Waals surface area contributed by atoms with Gasteiger partial charge in [-0.05, 0) is 30.9 Å². The van der Waals surface area contributed by atoms with Crippen molar-refractivity contribution in [3.8, 4) is 5.75 Å². The Bertz CT molecular complexity index is 670. The van der Waals surface area contributed by atoms with Crippen molar-refractivity contribution in [3.63, 3.8) is 0 Å². The molecule has 1 aliphatic rings. The summed E-state index contributed by atoms with van der Waals surface area (Å²) in [6.07, 6.45) is 3.52. The first-order valence-electron chi connectivity index (χ1n) is 6.60. The van der Waals surface area contributed by atoms with Gasteiger partial charge in [-0.2, -0.15) is 0 Å². The van der Waals surface area contributed by atoms with Gasteiger partial charge in [0.15, 0.2) is 0 Å². The molecule has 3 rings (SSSR count). The molecule has 3 heteroatoms. The first kappa shape index (κ1) is 11.3. The van der Waals surface area contributed by atoms with Crippen molar-refractivity contribution < 1.29 is 5.11 Å². The molecule has 0 amide bonds. The van der Waals surface area contributed by atoms with Gasteiger partial charge in [-0.25, -0.2) is 0 Å². The van der Waals surface area contributed by atoms with Crippen molar-refractivity contribution in [3.05, 3.63) is 39.7 Å². The molecule has 3 nitrogen and oxygen atoms in total. The summed E-state index contributed by atoms with van der Waals surface area (Å²) in [5.41, 5.74) is 2.68. The lowest BCUT2D eigenvalue weighted by Crippen LogP contribution is -2.22. The van der Waals surface area contributed by atoms with Crippen LogP contribution < -0.4 is 5.56 Å². The molecule has 0 saturated carbocycles. The van der Waals surface area contributed by atoms with Crippen molar-refractivity contribution in [2.45, 2.75) is 39.2 Å². The molecule has 0 atom stereocenters. The molecule has 1 aliphatic heterocycles. The Morgan fingerprint density at radius 3 is 3.00 bits per heavy atom. The lowest BCUT2D eigenvalue weighted by molar-refractivity contribution is 0.469. The van der Waals surface area contributed by atoms with Gasteiger partial charge < -0.3 is 9.67 Å². The van der Waals surface area contributed by atoms with E-state index in [4.69, 9.17) is 0 Å². The highest BCUT2D eigenvalue weighted by atomic mass is 16.3. The van der Waals surface area contributed by atoms with Crippen LogP contribution in [0.15, 0.2) is 23.0 Å². The van der Waals surface area contributed by atoms with Crippen molar-refractivity contribution >= 4 is 10.9 Å². The SMILES string of the molecule is CCCCc1c(O)c2cccc3c2n(c1=O)CC3. The molecular formula is C15H17NO2. The molecule has 1 aromatic carbocycles. The average Bonchev–Trinajstić information content (AvgIpc) is 2.81. The quantitative estimate of drug-likeness (QED) is 0.900. The molecule has 0 saturated heterocycles. The minimum Gasteiger partial charge on any atom is -0.507 e. The fraction of sp³-hybridized carbons (Fsp3) is 0.400. The highest BCUT2D eigenvalue weighted by Crippen LogP contribution is 2.32. The summed E-state index contributed by atoms with van der Waals surface area (Å²) in [6.45, 7) is 2.83. The van der Waals surface area contributed by atoms with Crippen molar-refractivity contribution in [1.82, 2.24) is 4.57 Å². The Kier molecular flexibility index (Phi) is 2.62. The Morgan fingerprint density at radius 2 is 2.22 bits per heavy atom. The van der Waals surface area contributed by atoms with Crippen LogP contribution in [0.2, 0.25) is 0 Å². The van der Waals surface area contributed by atoms with Crippen LogP contribution in [0.3, 0.4) is 0 Å². The zero-order valence-corrected chi connectivity index (χ0v) is 10.6. The number of aromatic nitrogens is 1. The van der Waals surface area contributed by atoms with Gasteiger partial charge in [0.1, 0.15) is 5.75 Å². The van der Waals surface area contributed by atoms with Crippen molar-refractivity contribution in [1.29, 1.82) is 0 Å². The summed E-state index contributed by atoms with van der Waals surface area (Å²) >= 11 is 0. The van der Waals surface area contributed by atoms with E-state index in [1.165, 1.54) is 5.56 Å². The minimum absolute atomic E-state index is 0.00148. The van der Waals surface area contributed by atoms with E-state index in [0.29, 0.717) is 12.0 Å². The monoisotopic (exact) mass is 243 g/mol. The third-order valence-corrected chi connectivity index (χ3v) is 3.82. The second-order valence-corrected chi connectivity index (χ2v) is 4.95. The Labute approximate surface area is 106 Å². The highest BCUT2D eigenvalue weighted by molar-refractivity contribution is 5.89. The highest BCUT2D eigenvalue weighted by Gasteiger charge is 2.21. The number of unbranched alkanes of at least 4 members (excludes halogenated alkanes) is 1. The number of rotatable bonds is 3. The van der Waals surface area contributed by atoms with E-state index in [1.807, 2.05) is 22.8 Å². The molecule has 0 fully saturated rings. The maximum Gasteiger partial charge on any atom is 0.257 e. The largest absolute Gasteiger partial charge is 0.507 e. The molecule has 0 unspecified atom stereocenters. The van der Waals surface area contributed by atoms with Gasteiger partial charge in [0.2, 0.25) is 0 Å². The number of aryl methyl sites for hydroxylation is 2. The number of para-hydroxylation sites is 1. The van der Waals surface area contributed by atoms with Gasteiger partial charge in [0, 0.05) is 11.9 Å². The van der Waals surface area contributed by atoms with Gasteiger partial charge in [0.05, 0.1) is 11.1 Å². The lowest BCUT2D eigenvalue weighted by Gasteiger charge is -2.10. The van der Waals surface area contributed by atoms with E-state index >= 15 is 0 Å². The number of hydrogen-bond donors (Lipinski definition) is 1. The number of benzene rings is 1. The third kappa shape index (κ3) is 1.47. The zero-order valence-electron chi connectivity index (χ0n) is 10.6. The molecule has 18 heavy (non-hydrogen) atoms. The van der Waals surface area contributed by atoms with Gasteiger partial charge in [-0.1, -0.05) is 25.5 Å². The van der Waals surface area contributed by atoms with E-state index in [9.17, 15) is 9.90 Å². The predicted octanol–water partition coefficient (Wildman–Crippen LogP) is 2.61. The number of aromatic hydroxyl groups is 1. The van der Waals surface area contributed by atoms with Crippen molar-refractivity contribution in [2.24, 2.45) is 0 Å². The van der Waals surface area contributed by atoms with E-state index in [-0.39, 0.29) is 11.3 Å². The standard InChI is InChI=1S/C15H17NO2/c1-2-3-6-12-14(17)11-7-4-5-10-8-9-16(13(10)11)15(12)18/h4-5,7,17H,2-3,6,8-9H2,1H3. The average molecular weight is 243 g/mol. The van der Waals surface area contributed by atoms with Crippen LogP contribution in [0.25, 0.3) is 10.9 Å². The lowest BCUT2D eigenvalue weighted by atomic mass is 10.0. The second kappa shape index (κ2) is 4.16. The molecule has 0 radical (unpaired) electrons. The van der Waals surface area contributed by atoms with Crippen LogP contribution >= 0.6 is 0 Å². The molecule has 0 bridgehead atoms. The van der Waals surface area contributed by atoms with Crippen LogP contribution in [0.1, 0.15) is 30.9 Å². The third-order valence-electron chi connectivity index (χ3n) is 3.82. The first-order chi connectivity index (χ1) is 8.74. The topological polar surface area (TPSA) is 42.2 Å². The fourth-order valence-electron chi connectivity index (χ4n) is 2.86. The Hall–Kier alpha value is -1.77. The molecule has 1 aromatic heterocycles. The normalized spacial score (nSPS) is 13.4. The maximum absolute atomic E-state index is 12.4. The molecule has 94 valence electrons. The zero-order chi connectivity index (χ0) is 12.7. The summed E-state index contributed by atoms with van der Waals surface area (Å²) < 4.78 is 1.83. The molecule has 1 N–H and O–H groups in total. The number of nitrogens with zero attached hydrogens (tertiary/aromatic N) is 1. The van der Waals surface area contributed by atoms with E-state index in [0.717, 1.165) is 36.7 Å². The predicted molar refractivity (Wildman–Crippen MR) is 72.2 cm³/mol. The van der Waals surface area contributed by atoms with Crippen molar-refractivity contribution in [2.75, 3.05) is 0 Å². The number of pyridine rings is 1. The van der Waals surface area contributed by atoms with E-state index < -0.39 is 0 Å². The molecule has 2 aromatic rings. The van der Waals surface area contributed by atoms with Crippen LogP contribution in [0.5, 0.6) is 5.75 Å². The summed E-state index contributed by atoms with van der Waals surface area (Å²) in [7, 11) is 0. The first-order valence-corrected chi connectivity index (χ1v) is 6.60. The van der Waals surface area contributed by atoms with Crippen LogP contribution in [0, 0.1) is 0 Å². The minimum atomic E-state index is -0.00148. The number of hydrogen-bond acceptors (Lipinski definition) is 2. The maximum atomic E-state index is 12.4. The second-order valence-electron chi connectivity index (χ2n) is 4.95. The van der Waals surface area contributed by atoms with E-state index in [2.05, 4.69) is 6.92 Å². The summed E-state index contributed by atoms with van der Waals surface area (Å²) in [5.74, 6) is 0.198. The molecule has 0 spiro atoms. The molecular weight excluding hydrogens is 226 g/mol. The molecule has 0 aliphatic carbocycles. The summed E-state index contributed by atoms with van der Waals surface area (Å²) in [6, 6.07) is 5.91. The Morgan fingerprint density at radius 1 is 1.39 bits per heavy atom. The summed E-state index contributed by atoms with van der Waals surface area (Å²) in [5, 5.41) is 11.1. The van der Waals surface area contributed by atoms with Crippen LogP contribution in [0.4, 0.5) is 0 Å². The Balaban J connectivity index is 2.32. The summed E-state index contributed by atoms with van der Waals surface area (Å²) in [4.78, 5) is 12.4. The van der Waals surface area contributed by atoms with E-state index in [1.54, 1.807) is 0 Å². The van der Waals surface area contributed by atoms with Crippen LogP contribution in [-0.4, -0.2) is 9.67 Å². The van der Waals surface area contributed by atoms with Crippen LogP contribution in [-0.2, 0) is 19.4 Å². The molecule has 2 heterocycles. The fourth-order valence-corrected chi connectivity index (χ4v) is 2.86. The van der Waals surface area contributed by atoms with Gasteiger partial charge >= 0.3 is 0 Å². The van der Waals surface area contributed by atoms with Gasteiger partial charge in [-0.3, -0.25) is 4.79 Å².